The monoisotopic (exact) mass is 367 g/mol. The molecule has 1 atom stereocenters. The molecule has 8 nitrogen and oxygen atoms in total. The summed E-state index contributed by atoms with van der Waals surface area (Å²) in [5.41, 5.74) is 13.8. The van der Waals surface area contributed by atoms with E-state index >= 15 is 0 Å². The van der Waals surface area contributed by atoms with E-state index in [9.17, 15) is 4.79 Å². The Kier molecular flexibility index (Phi) is 5.56. The van der Waals surface area contributed by atoms with Crippen LogP contribution in [0.1, 0.15) is 30.6 Å². The molecule has 142 valence electrons. The van der Waals surface area contributed by atoms with E-state index in [1.807, 2.05) is 43.5 Å². The van der Waals surface area contributed by atoms with Gasteiger partial charge in [-0.3, -0.25) is 9.56 Å². The maximum absolute atomic E-state index is 12.3. The van der Waals surface area contributed by atoms with Crippen LogP contribution in [-0.4, -0.2) is 33.6 Å². The molecule has 0 aliphatic heterocycles. The summed E-state index contributed by atoms with van der Waals surface area (Å²) in [5, 5.41) is 4.34. The number of nitrogens with one attached hydrogen (secondary N) is 2. The molecule has 0 fully saturated rings. The quantitative estimate of drug-likeness (QED) is 0.285. The molecule has 0 bridgehead atoms. The highest BCUT2D eigenvalue weighted by molar-refractivity contribution is 5.76. The second-order valence-corrected chi connectivity index (χ2v) is 6.58. The van der Waals surface area contributed by atoms with Crippen LogP contribution in [0, 0.1) is 6.92 Å². The minimum absolute atomic E-state index is 0.122. The molecule has 1 aromatic carbocycles. The third-order valence-electron chi connectivity index (χ3n) is 4.39. The fourth-order valence-corrected chi connectivity index (χ4v) is 2.96. The first-order chi connectivity index (χ1) is 12.9. The Balaban J connectivity index is 1.69. The number of aryl methyl sites for hydroxylation is 1. The molecule has 0 spiro atoms. The van der Waals surface area contributed by atoms with Crippen molar-refractivity contribution in [2.24, 2.45) is 16.5 Å². The number of guanidine groups is 1. The van der Waals surface area contributed by atoms with Crippen LogP contribution in [0.3, 0.4) is 0 Å². The highest BCUT2D eigenvalue weighted by atomic mass is 16.1. The van der Waals surface area contributed by atoms with Crippen molar-refractivity contribution in [1.82, 2.24) is 19.9 Å². The lowest BCUT2D eigenvalue weighted by Crippen LogP contribution is -2.24. The lowest BCUT2D eigenvalue weighted by Gasteiger charge is -2.15. The number of rotatable bonds is 7. The van der Waals surface area contributed by atoms with Gasteiger partial charge >= 0.3 is 5.69 Å². The second-order valence-electron chi connectivity index (χ2n) is 6.58. The molecule has 0 aliphatic rings. The summed E-state index contributed by atoms with van der Waals surface area (Å²) in [6.45, 7) is 5.46. The molecule has 0 saturated carbocycles. The lowest BCUT2D eigenvalue weighted by atomic mass is 10.1. The Morgan fingerprint density at radius 2 is 2.07 bits per heavy atom. The van der Waals surface area contributed by atoms with Gasteiger partial charge in [0.2, 0.25) is 0 Å². The Bertz CT molecular complexity index is 997. The first-order valence-electron chi connectivity index (χ1n) is 8.92. The van der Waals surface area contributed by atoms with Crippen molar-refractivity contribution >= 4 is 17.0 Å². The molecule has 27 heavy (non-hydrogen) atoms. The third-order valence-corrected chi connectivity index (χ3v) is 4.39. The van der Waals surface area contributed by atoms with Crippen LogP contribution in [0.15, 0.2) is 46.3 Å². The first-order valence-corrected chi connectivity index (χ1v) is 8.92. The smallest absolute Gasteiger partial charge is 0.354 e. The molecule has 2 heterocycles. The van der Waals surface area contributed by atoms with Gasteiger partial charge in [0.05, 0.1) is 5.69 Å². The summed E-state index contributed by atoms with van der Waals surface area (Å²) in [4.78, 5) is 23.5. The van der Waals surface area contributed by atoms with E-state index in [-0.39, 0.29) is 17.7 Å². The van der Waals surface area contributed by atoms with Crippen molar-refractivity contribution in [3.63, 3.8) is 0 Å². The predicted octanol–water partition coefficient (Wildman–Crippen LogP) is 1.34. The van der Waals surface area contributed by atoms with Crippen molar-refractivity contribution in [2.75, 3.05) is 13.1 Å². The maximum Gasteiger partial charge on any atom is 0.354 e. The summed E-state index contributed by atoms with van der Waals surface area (Å²) >= 11 is 0. The molecule has 0 saturated heterocycles. The number of nitrogens with two attached hydrogens (primary N) is 2. The lowest BCUT2D eigenvalue weighted by molar-refractivity contribution is 0.562. The van der Waals surface area contributed by atoms with E-state index in [0.29, 0.717) is 12.2 Å². The van der Waals surface area contributed by atoms with Gasteiger partial charge in [0, 0.05) is 29.9 Å². The van der Waals surface area contributed by atoms with E-state index in [2.05, 4.69) is 27.2 Å². The number of H-pyrrole nitrogens is 1. The molecule has 6 N–H and O–H groups in total. The number of benzene rings is 1. The van der Waals surface area contributed by atoms with Crippen LogP contribution >= 0.6 is 0 Å². The normalized spacial score (nSPS) is 12.2. The zero-order valence-electron chi connectivity index (χ0n) is 15.6. The van der Waals surface area contributed by atoms with E-state index in [1.54, 1.807) is 4.57 Å². The standard InChI is InChI=1S/C19H25N7O/c1-12-10-15-11-26(19(27)25-17(15)24-12)16-6-4-14(5-7-16)13(2)22-8-3-9-23-18(20)21/h4-7,10-11,13,22H,3,8-9H2,1-2H3,(H4,20,21,23)(H,24,25,27)/t13-/m1/s1. The number of aliphatic imine (C=N–C) groups is 1. The number of aromatic nitrogens is 3. The SMILES string of the molecule is Cc1cc2cn(-c3ccc([C@@H](C)NCCCN=C(N)N)cc3)c(=O)nc2[nH]1. The van der Waals surface area contributed by atoms with Gasteiger partial charge in [0.25, 0.3) is 0 Å². The number of aromatic amines is 1. The van der Waals surface area contributed by atoms with Gasteiger partial charge < -0.3 is 21.8 Å². The fraction of sp³-hybridized carbons (Fsp3) is 0.316. The molecule has 3 rings (SSSR count). The van der Waals surface area contributed by atoms with Gasteiger partial charge in [-0.1, -0.05) is 12.1 Å². The average Bonchev–Trinajstić information content (AvgIpc) is 2.99. The summed E-state index contributed by atoms with van der Waals surface area (Å²) in [5.74, 6) is 0.122. The molecular weight excluding hydrogens is 342 g/mol. The number of hydrogen-bond acceptors (Lipinski definition) is 4. The zero-order valence-corrected chi connectivity index (χ0v) is 15.6. The fourth-order valence-electron chi connectivity index (χ4n) is 2.96. The van der Waals surface area contributed by atoms with Gasteiger partial charge in [0.15, 0.2) is 5.96 Å². The molecular formula is C19H25N7O. The molecule has 0 aliphatic carbocycles. The largest absolute Gasteiger partial charge is 0.370 e. The van der Waals surface area contributed by atoms with Crippen molar-refractivity contribution in [3.8, 4) is 5.69 Å². The Morgan fingerprint density at radius 3 is 2.78 bits per heavy atom. The number of fused-ring (bicyclic) bond motifs is 1. The van der Waals surface area contributed by atoms with Crippen LogP contribution in [0.2, 0.25) is 0 Å². The minimum Gasteiger partial charge on any atom is -0.370 e. The summed E-state index contributed by atoms with van der Waals surface area (Å²) in [6.07, 6.45) is 2.67. The minimum atomic E-state index is -0.303. The van der Waals surface area contributed by atoms with Crippen LogP contribution < -0.4 is 22.5 Å². The predicted molar refractivity (Wildman–Crippen MR) is 108 cm³/mol. The van der Waals surface area contributed by atoms with Gasteiger partial charge in [-0.25, -0.2) is 4.79 Å². The van der Waals surface area contributed by atoms with E-state index in [4.69, 9.17) is 11.5 Å². The third kappa shape index (κ3) is 4.53. The van der Waals surface area contributed by atoms with Crippen molar-refractivity contribution in [2.45, 2.75) is 26.3 Å². The summed E-state index contributed by atoms with van der Waals surface area (Å²) in [7, 11) is 0. The highest BCUT2D eigenvalue weighted by Gasteiger charge is 2.08. The van der Waals surface area contributed by atoms with Crippen LogP contribution in [0.5, 0.6) is 0 Å². The number of nitrogens with zero attached hydrogens (tertiary/aromatic N) is 3. The zero-order chi connectivity index (χ0) is 19.4. The molecule has 3 aromatic rings. The van der Waals surface area contributed by atoms with Crippen molar-refractivity contribution in [1.29, 1.82) is 0 Å². The molecule has 0 radical (unpaired) electrons. The maximum atomic E-state index is 12.3. The molecule has 8 heteroatoms. The number of hydrogen-bond donors (Lipinski definition) is 4. The summed E-state index contributed by atoms with van der Waals surface area (Å²) in [6, 6.07) is 10.1. The second kappa shape index (κ2) is 8.05. The van der Waals surface area contributed by atoms with Crippen molar-refractivity contribution < 1.29 is 0 Å². The Labute approximate surface area is 157 Å². The topological polar surface area (TPSA) is 127 Å². The van der Waals surface area contributed by atoms with Gasteiger partial charge in [-0.2, -0.15) is 4.98 Å². The first kappa shape index (κ1) is 18.7. The van der Waals surface area contributed by atoms with E-state index < -0.39 is 0 Å². The van der Waals surface area contributed by atoms with Gasteiger partial charge in [-0.05, 0) is 50.6 Å². The van der Waals surface area contributed by atoms with Crippen LogP contribution in [-0.2, 0) is 0 Å². The molecule has 2 aromatic heterocycles. The Morgan fingerprint density at radius 1 is 1.33 bits per heavy atom. The van der Waals surface area contributed by atoms with E-state index in [0.717, 1.165) is 35.3 Å². The molecule has 0 amide bonds. The molecule has 0 unspecified atom stereocenters. The van der Waals surface area contributed by atoms with Crippen LogP contribution in [0.4, 0.5) is 0 Å². The van der Waals surface area contributed by atoms with Crippen molar-refractivity contribution in [3.05, 3.63) is 58.3 Å². The van der Waals surface area contributed by atoms with E-state index in [1.165, 1.54) is 0 Å². The summed E-state index contributed by atoms with van der Waals surface area (Å²) < 4.78 is 1.56. The average molecular weight is 367 g/mol. The van der Waals surface area contributed by atoms with Crippen LogP contribution in [0.25, 0.3) is 16.7 Å². The van der Waals surface area contributed by atoms with Gasteiger partial charge in [0.1, 0.15) is 5.65 Å². The Hall–Kier alpha value is -3.13. The van der Waals surface area contributed by atoms with Gasteiger partial charge in [-0.15, -0.1) is 0 Å². The highest BCUT2D eigenvalue weighted by Crippen LogP contribution is 2.17.